The van der Waals surface area contributed by atoms with Crippen molar-refractivity contribution in [2.45, 2.75) is 19.6 Å². The van der Waals surface area contributed by atoms with E-state index in [4.69, 9.17) is 11.6 Å². The van der Waals surface area contributed by atoms with Gasteiger partial charge in [-0.15, -0.1) is 10.2 Å². The number of rotatable bonds is 11. The van der Waals surface area contributed by atoms with Crippen molar-refractivity contribution in [3.8, 4) is 0 Å². The van der Waals surface area contributed by atoms with Crippen molar-refractivity contribution in [1.82, 2.24) is 15.0 Å². The number of hydrogen-bond donors (Lipinski definition) is 5. The number of nitrogens with zero attached hydrogens (tertiary/aromatic N) is 7. The Kier molecular flexibility index (Phi) is 10.4. The molecule has 0 fully saturated rings. The van der Waals surface area contributed by atoms with E-state index in [0.29, 0.717) is 23.9 Å². The average Bonchev–Trinajstić information content (AvgIpc) is 3.05. The van der Waals surface area contributed by atoms with Crippen molar-refractivity contribution in [2.24, 2.45) is 15.2 Å². The Bertz CT molecular complexity index is 2850. The molecule has 4 aromatic carbocycles. The first kappa shape index (κ1) is 38.9. The van der Waals surface area contributed by atoms with E-state index in [0.717, 1.165) is 18.2 Å². The van der Waals surface area contributed by atoms with E-state index >= 15 is 0 Å². The lowest BCUT2D eigenvalue weighted by Gasteiger charge is -2.18. The molecule has 0 aliphatic carbocycles. The summed E-state index contributed by atoms with van der Waals surface area (Å²) in [4.78, 5) is 25.1. The standard InChI is InChI=1S/C27H19ClN8O13S4/c1-36(16-3-5-17(6-4-16)50(38,39)40)27-32-25(28)31-26(33-27)30-15-2-7-20(21(10-15)29-13-37)34-35-22-12-19-14(9-24(22)53(47,48)49)8-18(51(41,42)43)11-23(19)52(44,45)46/h2-12H,1H3,(H,38,39,40)(H,41,42,43)(H,44,45,46)(H,47,48,49)(H,30,31,32,33). The van der Waals surface area contributed by atoms with Crippen molar-refractivity contribution in [3.05, 3.63) is 72.0 Å². The summed E-state index contributed by atoms with van der Waals surface area (Å²) >= 11 is 6.10. The van der Waals surface area contributed by atoms with Gasteiger partial charge in [-0.05, 0) is 83.7 Å². The molecule has 53 heavy (non-hydrogen) atoms. The van der Waals surface area contributed by atoms with Crippen LogP contribution in [-0.4, -0.2) is 80.0 Å². The fourth-order valence-electron chi connectivity index (χ4n) is 4.53. The number of aliphatic imine (C=N–C) groups is 1. The fraction of sp³-hybridized carbons (Fsp3) is 0.0370. The highest BCUT2D eigenvalue weighted by molar-refractivity contribution is 7.87. The van der Waals surface area contributed by atoms with Crippen LogP contribution in [0.15, 0.2) is 102 Å². The number of carbonyl (C=O) groups excluding carboxylic acids is 1. The van der Waals surface area contributed by atoms with E-state index in [1.54, 1.807) is 0 Å². The van der Waals surface area contributed by atoms with Crippen LogP contribution in [0, 0.1) is 0 Å². The van der Waals surface area contributed by atoms with Gasteiger partial charge in [0, 0.05) is 23.8 Å². The molecule has 0 aliphatic rings. The maximum Gasteiger partial charge on any atom is 0.296 e. The topological polar surface area (TPSA) is 326 Å². The quantitative estimate of drug-likeness (QED) is 0.0527. The van der Waals surface area contributed by atoms with Gasteiger partial charge in [0.15, 0.2) is 0 Å². The van der Waals surface area contributed by atoms with Crippen LogP contribution in [0.25, 0.3) is 10.8 Å². The molecule has 0 bridgehead atoms. The van der Waals surface area contributed by atoms with Gasteiger partial charge < -0.3 is 10.2 Å². The van der Waals surface area contributed by atoms with E-state index in [-0.39, 0.29) is 39.1 Å². The SMILES string of the molecule is CN(c1ccc(S(=O)(=O)O)cc1)c1nc(Cl)nc(Nc2ccc(N=Nc3cc4c(S(=O)(=O)O)cc(S(=O)(=O)O)cc4cc3S(=O)(=O)O)c(N=C=O)c2)n1. The van der Waals surface area contributed by atoms with Gasteiger partial charge in [0.25, 0.3) is 40.5 Å². The van der Waals surface area contributed by atoms with Gasteiger partial charge in [-0.3, -0.25) is 18.2 Å². The van der Waals surface area contributed by atoms with Gasteiger partial charge in [-0.1, -0.05) is 0 Å². The van der Waals surface area contributed by atoms with Crippen molar-refractivity contribution < 1.29 is 56.7 Å². The molecule has 0 saturated carbocycles. The summed E-state index contributed by atoms with van der Waals surface area (Å²) in [5.41, 5.74) is -0.585. The Morgan fingerprint density at radius 3 is 1.89 bits per heavy atom. The van der Waals surface area contributed by atoms with Crippen molar-refractivity contribution in [1.29, 1.82) is 0 Å². The predicted octanol–water partition coefficient (Wildman–Crippen LogP) is 4.56. The minimum atomic E-state index is -5.20. The highest BCUT2D eigenvalue weighted by Gasteiger charge is 2.25. The van der Waals surface area contributed by atoms with Crippen LogP contribution >= 0.6 is 11.6 Å². The van der Waals surface area contributed by atoms with Gasteiger partial charge >= 0.3 is 0 Å². The average molecular weight is 827 g/mol. The molecule has 5 N–H and O–H groups in total. The second-order valence-electron chi connectivity index (χ2n) is 10.4. The summed E-state index contributed by atoms with van der Waals surface area (Å²) in [5.74, 6) is -0.141. The number of azo groups is 1. The number of fused-ring (bicyclic) bond motifs is 1. The highest BCUT2D eigenvalue weighted by atomic mass is 35.5. The number of halogens is 1. The zero-order chi connectivity index (χ0) is 39.1. The lowest BCUT2D eigenvalue weighted by Crippen LogP contribution is -2.15. The number of aromatic nitrogens is 3. The summed E-state index contributed by atoms with van der Waals surface area (Å²) in [6.07, 6.45) is 1.30. The van der Waals surface area contributed by atoms with Crippen molar-refractivity contribution in [3.63, 3.8) is 0 Å². The van der Waals surface area contributed by atoms with Gasteiger partial charge in [-0.2, -0.15) is 53.6 Å². The first-order valence-electron chi connectivity index (χ1n) is 13.7. The van der Waals surface area contributed by atoms with Crippen LogP contribution in [0.5, 0.6) is 0 Å². The molecule has 1 aromatic heterocycles. The van der Waals surface area contributed by atoms with Crippen LogP contribution in [-0.2, 0) is 45.3 Å². The summed E-state index contributed by atoms with van der Waals surface area (Å²) in [6, 6.07) is 11.3. The number of benzene rings is 4. The Labute approximate surface area is 303 Å². The monoisotopic (exact) mass is 826 g/mol. The van der Waals surface area contributed by atoms with Gasteiger partial charge in [0.2, 0.25) is 23.3 Å². The zero-order valence-electron chi connectivity index (χ0n) is 26.0. The molecule has 0 radical (unpaired) electrons. The van der Waals surface area contributed by atoms with Crippen LogP contribution < -0.4 is 10.2 Å². The first-order chi connectivity index (χ1) is 24.5. The molecule has 26 heteroatoms. The minimum Gasteiger partial charge on any atom is -0.324 e. The van der Waals surface area contributed by atoms with Crippen LogP contribution in [0.1, 0.15) is 0 Å². The molecule has 5 aromatic rings. The number of anilines is 4. The Morgan fingerprint density at radius 2 is 1.30 bits per heavy atom. The number of isocyanates is 1. The Balaban J connectivity index is 1.52. The molecule has 276 valence electrons. The van der Waals surface area contributed by atoms with E-state index in [1.807, 2.05) is 0 Å². The fourth-order valence-corrected chi connectivity index (χ4v) is 7.15. The first-order valence-corrected chi connectivity index (χ1v) is 19.9. The molecule has 0 amide bonds. The van der Waals surface area contributed by atoms with Crippen molar-refractivity contribution in [2.75, 3.05) is 17.3 Å². The van der Waals surface area contributed by atoms with Crippen LogP contribution in [0.2, 0.25) is 5.28 Å². The largest absolute Gasteiger partial charge is 0.324 e. The number of hydrogen-bond acceptors (Lipinski definition) is 17. The third-order valence-electron chi connectivity index (χ3n) is 6.90. The molecular formula is C27H19ClN8O13S4. The number of nitrogens with one attached hydrogen (secondary N) is 1. The molecular weight excluding hydrogens is 808 g/mol. The van der Waals surface area contributed by atoms with Crippen LogP contribution in [0.4, 0.5) is 40.3 Å². The smallest absolute Gasteiger partial charge is 0.296 e. The maximum absolute atomic E-state index is 12.3. The molecule has 0 saturated heterocycles. The van der Waals surface area contributed by atoms with E-state index in [9.17, 15) is 56.7 Å². The third kappa shape index (κ3) is 9.00. The minimum absolute atomic E-state index is 0.0138. The van der Waals surface area contributed by atoms with E-state index in [1.165, 1.54) is 48.4 Å². The van der Waals surface area contributed by atoms with Gasteiger partial charge in [-0.25, -0.2) is 4.79 Å². The summed E-state index contributed by atoms with van der Waals surface area (Å²) in [5, 5.41) is 9.20. The molecule has 5 rings (SSSR count). The maximum atomic E-state index is 12.3. The molecule has 21 nitrogen and oxygen atoms in total. The van der Waals surface area contributed by atoms with Crippen molar-refractivity contribution >= 4 is 109 Å². The molecule has 1 heterocycles. The third-order valence-corrected chi connectivity index (χ3v) is 10.5. The van der Waals surface area contributed by atoms with Gasteiger partial charge in [0.05, 0.1) is 9.79 Å². The Hall–Kier alpha value is -5.34. The molecule has 0 aliphatic heterocycles. The summed E-state index contributed by atoms with van der Waals surface area (Å²) < 4.78 is 133. The van der Waals surface area contributed by atoms with E-state index in [2.05, 4.69) is 35.5 Å². The summed E-state index contributed by atoms with van der Waals surface area (Å²) in [6.45, 7) is 0. The molecule has 0 unspecified atom stereocenters. The lowest BCUT2D eigenvalue weighted by molar-refractivity contribution is 0.479. The lowest BCUT2D eigenvalue weighted by atomic mass is 10.1. The van der Waals surface area contributed by atoms with Crippen LogP contribution in [0.3, 0.4) is 0 Å². The second-order valence-corrected chi connectivity index (χ2v) is 16.3. The normalized spacial score (nSPS) is 12.5. The van der Waals surface area contributed by atoms with Gasteiger partial charge in [0.1, 0.15) is 26.9 Å². The highest BCUT2D eigenvalue weighted by Crippen LogP contribution is 2.38. The predicted molar refractivity (Wildman–Crippen MR) is 184 cm³/mol. The zero-order valence-corrected chi connectivity index (χ0v) is 30.0. The molecule has 0 atom stereocenters. The summed E-state index contributed by atoms with van der Waals surface area (Å²) in [7, 11) is -18.3. The van der Waals surface area contributed by atoms with E-state index < -0.39 is 71.6 Å². The second kappa shape index (κ2) is 14.2. The molecule has 0 spiro atoms. The Morgan fingerprint density at radius 1 is 0.679 bits per heavy atom.